The van der Waals surface area contributed by atoms with Crippen molar-refractivity contribution in [3.8, 4) is 17.2 Å². The number of carbonyl (C=O) groups is 2. The summed E-state index contributed by atoms with van der Waals surface area (Å²) in [5, 5.41) is 27.1. The summed E-state index contributed by atoms with van der Waals surface area (Å²) in [5.74, 6) is 2.79. The third-order valence-electron chi connectivity index (χ3n) is 10.3. The Hall–Kier alpha value is -5.70. The van der Waals surface area contributed by atoms with Gasteiger partial charge >= 0.3 is 6.03 Å². The van der Waals surface area contributed by atoms with Gasteiger partial charge in [-0.15, -0.1) is 10.2 Å². The van der Waals surface area contributed by atoms with E-state index in [1.54, 1.807) is 17.1 Å². The van der Waals surface area contributed by atoms with Crippen molar-refractivity contribution in [2.75, 3.05) is 37.5 Å². The molecular formula is C41H54N10O5. The van der Waals surface area contributed by atoms with Gasteiger partial charge in [-0.05, 0) is 83.3 Å². The highest BCUT2D eigenvalue weighted by Crippen LogP contribution is 2.39. The number of nitrogens with zero attached hydrogens (tertiary/aromatic N) is 8. The number of pyridine rings is 2. The second-order valence-corrected chi connectivity index (χ2v) is 15.8. The van der Waals surface area contributed by atoms with Crippen molar-refractivity contribution >= 4 is 29.9 Å². The van der Waals surface area contributed by atoms with Gasteiger partial charge in [-0.25, -0.2) is 9.48 Å². The minimum atomic E-state index is -0.316. The van der Waals surface area contributed by atoms with Crippen molar-refractivity contribution in [2.45, 2.75) is 96.4 Å². The molecule has 4 atom stereocenters. The number of hydrogen-bond donors (Lipinski definition) is 3. The van der Waals surface area contributed by atoms with Crippen LogP contribution in [0.1, 0.15) is 95.7 Å². The first-order chi connectivity index (χ1) is 26.9. The summed E-state index contributed by atoms with van der Waals surface area (Å²) in [6, 6.07) is 16.2. The van der Waals surface area contributed by atoms with Gasteiger partial charge in [0.2, 0.25) is 5.95 Å². The number of hydrogen-bond acceptors (Lipinski definition) is 10. The quantitative estimate of drug-likeness (QED) is 0.128. The fraction of sp³-hybridized carbons (Fsp3) is 0.463. The summed E-state index contributed by atoms with van der Waals surface area (Å²) in [6.45, 7) is 11.9. The highest BCUT2D eigenvalue weighted by atomic mass is 16.5. The molecule has 0 saturated carbocycles. The van der Waals surface area contributed by atoms with Crippen LogP contribution >= 0.6 is 0 Å². The maximum atomic E-state index is 13.7. The van der Waals surface area contributed by atoms with Crippen LogP contribution < -0.4 is 25.0 Å². The number of carbonyl (C=O) groups excluding carboxylic acids is 1. The predicted molar refractivity (Wildman–Crippen MR) is 215 cm³/mol. The number of likely N-dealkylation sites (N-methyl/N-ethyl adjacent to an activating group) is 1. The molecule has 2 amide bonds. The Morgan fingerprint density at radius 3 is 2.43 bits per heavy atom. The summed E-state index contributed by atoms with van der Waals surface area (Å²) in [4.78, 5) is 30.9. The number of anilines is 2. The van der Waals surface area contributed by atoms with Gasteiger partial charge in [0.15, 0.2) is 5.65 Å². The van der Waals surface area contributed by atoms with E-state index in [0.717, 1.165) is 60.0 Å². The third-order valence-corrected chi connectivity index (χ3v) is 10.3. The van der Waals surface area contributed by atoms with Crippen molar-refractivity contribution in [3.63, 3.8) is 0 Å². The van der Waals surface area contributed by atoms with E-state index in [1.165, 1.54) is 6.42 Å². The lowest BCUT2D eigenvalue weighted by Gasteiger charge is -2.39. The molecule has 1 fully saturated rings. The molecule has 1 aliphatic carbocycles. The second-order valence-electron chi connectivity index (χ2n) is 15.8. The van der Waals surface area contributed by atoms with E-state index in [-0.39, 0.29) is 30.1 Å². The Bertz CT molecular complexity index is 2100. The molecule has 7 rings (SSSR count). The van der Waals surface area contributed by atoms with Crippen LogP contribution in [-0.2, 0) is 10.2 Å². The lowest BCUT2D eigenvalue weighted by molar-refractivity contribution is -0.122. The number of ether oxygens (including phenoxy) is 2. The summed E-state index contributed by atoms with van der Waals surface area (Å²) in [5.41, 5.74) is 4.18. The van der Waals surface area contributed by atoms with E-state index in [1.807, 2.05) is 56.7 Å². The molecule has 1 aromatic carbocycles. The Balaban J connectivity index is 0.00000172. The number of carboxylic acid groups (broad SMARTS) is 1. The van der Waals surface area contributed by atoms with Crippen LogP contribution in [-0.4, -0.2) is 91.2 Å². The molecular weight excluding hydrogens is 713 g/mol. The van der Waals surface area contributed by atoms with Crippen molar-refractivity contribution in [3.05, 3.63) is 83.9 Å². The molecule has 0 radical (unpaired) electrons. The summed E-state index contributed by atoms with van der Waals surface area (Å²) < 4.78 is 16.4. The van der Waals surface area contributed by atoms with Gasteiger partial charge in [-0.1, -0.05) is 45.0 Å². The predicted octanol–water partition coefficient (Wildman–Crippen LogP) is 6.79. The Morgan fingerprint density at radius 2 is 1.71 bits per heavy atom. The van der Waals surface area contributed by atoms with Crippen molar-refractivity contribution in [2.24, 2.45) is 0 Å². The maximum absolute atomic E-state index is 13.7. The van der Waals surface area contributed by atoms with Gasteiger partial charge in [-0.2, -0.15) is 5.10 Å². The molecule has 4 aromatic heterocycles. The summed E-state index contributed by atoms with van der Waals surface area (Å²) in [7, 11) is 4.01. The minimum absolute atomic E-state index is 0.173. The van der Waals surface area contributed by atoms with Crippen LogP contribution in [0, 0.1) is 0 Å². The monoisotopic (exact) mass is 766 g/mol. The lowest BCUT2D eigenvalue weighted by Crippen LogP contribution is -2.44. The van der Waals surface area contributed by atoms with Crippen molar-refractivity contribution in [1.29, 1.82) is 0 Å². The topological polar surface area (TPSA) is 164 Å². The lowest BCUT2D eigenvalue weighted by atomic mass is 9.85. The van der Waals surface area contributed by atoms with Gasteiger partial charge < -0.3 is 29.7 Å². The third kappa shape index (κ3) is 9.21. The normalized spacial score (nSPS) is 19.5. The molecule has 5 aromatic rings. The molecule has 1 saturated heterocycles. The highest BCUT2D eigenvalue weighted by Gasteiger charge is 2.31. The number of nitrogens with one attached hydrogen (secondary N) is 2. The van der Waals surface area contributed by atoms with E-state index >= 15 is 0 Å². The van der Waals surface area contributed by atoms with E-state index in [9.17, 15) is 4.79 Å². The number of rotatable bonds is 10. The zero-order valence-electron chi connectivity index (χ0n) is 33.3. The van der Waals surface area contributed by atoms with Gasteiger partial charge in [0.1, 0.15) is 30.0 Å². The summed E-state index contributed by atoms with van der Waals surface area (Å²) in [6.07, 6.45) is 10.2. The fourth-order valence-electron chi connectivity index (χ4n) is 7.40. The van der Waals surface area contributed by atoms with Crippen LogP contribution in [0.3, 0.4) is 0 Å². The smallest absolute Gasteiger partial charge is 0.320 e. The van der Waals surface area contributed by atoms with Gasteiger partial charge in [0, 0.05) is 36.2 Å². The molecule has 3 N–H and O–H groups in total. The Morgan fingerprint density at radius 1 is 0.982 bits per heavy atom. The zero-order chi connectivity index (χ0) is 40.0. The van der Waals surface area contributed by atoms with Crippen LogP contribution in [0.5, 0.6) is 11.5 Å². The Kier molecular flexibility index (Phi) is 12.4. The molecule has 56 heavy (non-hydrogen) atoms. The maximum Gasteiger partial charge on any atom is 0.320 e. The first-order valence-corrected chi connectivity index (χ1v) is 19.2. The molecule has 5 heterocycles. The summed E-state index contributed by atoms with van der Waals surface area (Å²) >= 11 is 0. The van der Waals surface area contributed by atoms with Crippen molar-refractivity contribution < 1.29 is 24.2 Å². The van der Waals surface area contributed by atoms with E-state index in [2.05, 4.69) is 86.8 Å². The number of amides is 2. The number of urea groups is 1. The molecule has 15 heteroatoms. The number of piperidine rings is 1. The largest absolute Gasteiger partial charge is 0.491 e. The van der Waals surface area contributed by atoms with Gasteiger partial charge in [0.05, 0.1) is 36.0 Å². The molecule has 0 unspecified atom stereocenters. The fourth-order valence-corrected chi connectivity index (χ4v) is 7.40. The van der Waals surface area contributed by atoms with Gasteiger partial charge in [0.25, 0.3) is 6.47 Å². The minimum Gasteiger partial charge on any atom is -0.491 e. The molecule has 0 bridgehead atoms. The molecule has 298 valence electrons. The molecule has 2 aliphatic rings. The van der Waals surface area contributed by atoms with Crippen LogP contribution in [0.2, 0.25) is 0 Å². The SMILES string of the molecule is C[C@@H]1CCC[C@H](C)N1c1nnc2ccc(O[C@@H]3CC[C@H](NC(=O)Nc4cc(C(C)(C)C)nn4-c4cncc(OCCN(C)C)c4)c4ccccc43)cn12.O=CO. The number of benzene rings is 1. The highest BCUT2D eigenvalue weighted by molar-refractivity contribution is 5.89. The average molecular weight is 767 g/mol. The zero-order valence-corrected chi connectivity index (χ0v) is 33.3. The first kappa shape index (κ1) is 40.0. The van der Waals surface area contributed by atoms with E-state index in [0.29, 0.717) is 42.4 Å². The van der Waals surface area contributed by atoms with Crippen molar-refractivity contribution in [1.82, 2.24) is 39.6 Å². The van der Waals surface area contributed by atoms with Crippen LogP contribution in [0.25, 0.3) is 11.3 Å². The van der Waals surface area contributed by atoms with E-state index < -0.39 is 0 Å². The Labute approximate surface area is 328 Å². The molecule has 15 nitrogen and oxygen atoms in total. The number of fused-ring (bicyclic) bond motifs is 2. The second kappa shape index (κ2) is 17.4. The standard InChI is InChI=1S/C40H52N10O3.CH2O2/c1-26-11-10-12-27(2)49(26)39-45-44-36-18-15-29(25-48(36)39)53-34-17-16-33(31-13-8-9-14-32(31)34)42-38(51)43-37-22-35(40(3,4)5)46-50(37)28-21-30(24-41-23-28)52-20-19-47(6)7;2-1-3/h8-9,13-15,18,21-27,33-34H,10-12,16-17,19-20H2,1-7H3,(H2,42,43,51);1H,(H,2,3)/t26-,27+,33-,34+;/m0./s1. The average Bonchev–Trinajstić information content (AvgIpc) is 3.78. The molecule has 0 spiro atoms. The molecule has 1 aliphatic heterocycles. The van der Waals surface area contributed by atoms with Gasteiger partial charge in [-0.3, -0.25) is 19.5 Å². The van der Waals surface area contributed by atoms with Crippen LogP contribution in [0.4, 0.5) is 16.6 Å². The number of aromatic nitrogens is 6. The van der Waals surface area contributed by atoms with Crippen LogP contribution in [0.15, 0.2) is 67.1 Å². The first-order valence-electron chi connectivity index (χ1n) is 19.2. The van der Waals surface area contributed by atoms with E-state index in [4.69, 9.17) is 24.5 Å².